The number of benzene rings is 1. The smallest absolute Gasteiger partial charge is 0.0950 e. The average molecular weight is 258 g/mol. The minimum atomic E-state index is 0.226. The van der Waals surface area contributed by atoms with Gasteiger partial charge in [0, 0.05) is 11.9 Å². The Morgan fingerprint density at radius 2 is 2.05 bits per heavy atom. The quantitative estimate of drug-likeness (QED) is 0.836. The van der Waals surface area contributed by atoms with Gasteiger partial charge in [0.15, 0.2) is 0 Å². The molecule has 0 amide bonds. The molecule has 0 aliphatic carbocycles. The fourth-order valence-corrected chi connectivity index (χ4v) is 2.15. The van der Waals surface area contributed by atoms with Crippen molar-refractivity contribution in [2.24, 2.45) is 11.1 Å². The van der Waals surface area contributed by atoms with Crippen LogP contribution in [0.3, 0.4) is 0 Å². The van der Waals surface area contributed by atoms with Crippen molar-refractivity contribution < 1.29 is 0 Å². The minimum absolute atomic E-state index is 0.226. The number of anilines is 1. The van der Waals surface area contributed by atoms with Crippen LogP contribution in [-0.2, 0) is 0 Å². The lowest BCUT2D eigenvalue weighted by molar-refractivity contribution is 0.350. The molecule has 0 saturated carbocycles. The average Bonchev–Trinajstić information content (AvgIpc) is 2.43. The molecule has 0 bridgehead atoms. The van der Waals surface area contributed by atoms with Gasteiger partial charge in [0.05, 0.1) is 17.4 Å². The molecule has 0 atom stereocenters. The second-order valence-corrected chi connectivity index (χ2v) is 5.69. The van der Waals surface area contributed by atoms with Crippen LogP contribution in [0.2, 0.25) is 0 Å². The van der Waals surface area contributed by atoms with Gasteiger partial charge in [-0.2, -0.15) is 10.2 Å². The van der Waals surface area contributed by atoms with E-state index in [2.05, 4.69) is 35.4 Å². The van der Waals surface area contributed by atoms with Crippen LogP contribution in [0.1, 0.15) is 26.7 Å². The van der Waals surface area contributed by atoms with Gasteiger partial charge in [-0.05, 0) is 30.9 Å². The summed E-state index contributed by atoms with van der Waals surface area (Å²) in [4.78, 5) is 0. The van der Waals surface area contributed by atoms with E-state index in [9.17, 15) is 0 Å². The fourth-order valence-electron chi connectivity index (χ4n) is 2.15. The van der Waals surface area contributed by atoms with Crippen LogP contribution in [0.5, 0.6) is 0 Å². The lowest BCUT2D eigenvalue weighted by atomic mass is 9.87. The molecule has 0 spiro atoms. The number of nitrogens with zero attached hydrogens (tertiary/aromatic N) is 2. The van der Waals surface area contributed by atoms with Gasteiger partial charge in [-0.25, -0.2) is 0 Å². The van der Waals surface area contributed by atoms with Gasteiger partial charge in [0.25, 0.3) is 0 Å². The number of nitrogens with one attached hydrogen (secondary N) is 1. The van der Waals surface area contributed by atoms with Crippen LogP contribution in [0.4, 0.5) is 5.69 Å². The molecule has 0 radical (unpaired) electrons. The third-order valence-electron chi connectivity index (χ3n) is 3.36. The highest BCUT2D eigenvalue weighted by Crippen LogP contribution is 2.25. The largest absolute Gasteiger partial charge is 0.383 e. The fraction of sp³-hybridized carbons (Fsp3) is 0.467. The highest BCUT2D eigenvalue weighted by molar-refractivity contribution is 5.90. The Labute approximate surface area is 114 Å². The molecule has 3 N–H and O–H groups in total. The molecule has 2 rings (SSSR count). The summed E-state index contributed by atoms with van der Waals surface area (Å²) >= 11 is 0. The van der Waals surface area contributed by atoms with Crippen molar-refractivity contribution in [3.05, 3.63) is 30.5 Å². The van der Waals surface area contributed by atoms with E-state index < -0.39 is 0 Å². The number of nitrogens with two attached hydrogens (primary N) is 1. The molecule has 0 fully saturated rings. The van der Waals surface area contributed by atoms with E-state index in [1.165, 1.54) is 0 Å². The van der Waals surface area contributed by atoms with E-state index in [-0.39, 0.29) is 5.41 Å². The Balaban J connectivity index is 2.09. The van der Waals surface area contributed by atoms with Crippen LogP contribution in [0.25, 0.3) is 10.9 Å². The molecule has 0 unspecified atom stereocenters. The number of fused-ring (bicyclic) bond motifs is 1. The van der Waals surface area contributed by atoms with Gasteiger partial charge in [-0.15, -0.1) is 0 Å². The molecule has 0 aliphatic heterocycles. The predicted molar refractivity (Wildman–Crippen MR) is 80.1 cm³/mol. The number of rotatable bonds is 6. The third kappa shape index (κ3) is 3.64. The molecule has 2 aromatic rings. The summed E-state index contributed by atoms with van der Waals surface area (Å²) in [6.07, 6.45) is 3.97. The SMILES string of the molecule is CC(C)(CCCN)CNc1cnnc2ccccc12. The van der Waals surface area contributed by atoms with E-state index in [1.807, 2.05) is 18.2 Å². The van der Waals surface area contributed by atoms with Crippen molar-refractivity contribution in [1.82, 2.24) is 10.2 Å². The Morgan fingerprint density at radius 3 is 2.84 bits per heavy atom. The van der Waals surface area contributed by atoms with Crippen LogP contribution in [0.15, 0.2) is 30.5 Å². The lowest BCUT2D eigenvalue weighted by Gasteiger charge is -2.25. The first-order chi connectivity index (χ1) is 9.12. The molecule has 0 aliphatic rings. The standard InChI is InChI=1S/C15H22N4/c1-15(2,8-5-9-16)11-17-14-10-18-19-13-7-4-3-6-12(13)14/h3-4,6-7,10H,5,8-9,11,16H2,1-2H3,(H,17,19). The summed E-state index contributed by atoms with van der Waals surface area (Å²) in [5.41, 5.74) is 7.78. The Morgan fingerprint density at radius 1 is 1.26 bits per heavy atom. The zero-order valence-electron chi connectivity index (χ0n) is 11.7. The van der Waals surface area contributed by atoms with Gasteiger partial charge >= 0.3 is 0 Å². The van der Waals surface area contributed by atoms with Crippen molar-refractivity contribution in [3.63, 3.8) is 0 Å². The third-order valence-corrected chi connectivity index (χ3v) is 3.36. The Bertz CT molecular complexity index is 531. The maximum Gasteiger partial charge on any atom is 0.0950 e. The molecular formula is C15H22N4. The van der Waals surface area contributed by atoms with Gasteiger partial charge in [0.1, 0.15) is 0 Å². The zero-order chi connectivity index (χ0) is 13.7. The van der Waals surface area contributed by atoms with Crippen molar-refractivity contribution >= 4 is 16.6 Å². The van der Waals surface area contributed by atoms with Crippen molar-refractivity contribution in [3.8, 4) is 0 Å². The Kier molecular flexibility index (Phi) is 4.32. The molecule has 102 valence electrons. The zero-order valence-corrected chi connectivity index (χ0v) is 11.7. The van der Waals surface area contributed by atoms with Gasteiger partial charge in [-0.3, -0.25) is 0 Å². The summed E-state index contributed by atoms with van der Waals surface area (Å²) in [5, 5.41) is 12.8. The lowest BCUT2D eigenvalue weighted by Crippen LogP contribution is -2.24. The predicted octanol–water partition coefficient (Wildman–Crippen LogP) is 2.81. The van der Waals surface area contributed by atoms with Crippen molar-refractivity contribution in [1.29, 1.82) is 0 Å². The molecule has 1 heterocycles. The van der Waals surface area contributed by atoms with E-state index >= 15 is 0 Å². The summed E-state index contributed by atoms with van der Waals surface area (Å²) in [7, 11) is 0. The summed E-state index contributed by atoms with van der Waals surface area (Å²) < 4.78 is 0. The van der Waals surface area contributed by atoms with Crippen LogP contribution < -0.4 is 11.1 Å². The van der Waals surface area contributed by atoms with Gasteiger partial charge in [0.2, 0.25) is 0 Å². The van der Waals surface area contributed by atoms with E-state index in [0.717, 1.165) is 42.5 Å². The van der Waals surface area contributed by atoms with Crippen LogP contribution >= 0.6 is 0 Å². The maximum atomic E-state index is 5.58. The van der Waals surface area contributed by atoms with Gasteiger partial charge in [-0.1, -0.05) is 32.0 Å². The normalized spacial score (nSPS) is 11.7. The topological polar surface area (TPSA) is 63.8 Å². The molecule has 4 nitrogen and oxygen atoms in total. The van der Waals surface area contributed by atoms with Gasteiger partial charge < -0.3 is 11.1 Å². The van der Waals surface area contributed by atoms with Crippen LogP contribution in [0, 0.1) is 5.41 Å². The number of hydrogen-bond acceptors (Lipinski definition) is 4. The monoisotopic (exact) mass is 258 g/mol. The van der Waals surface area contributed by atoms with Crippen LogP contribution in [-0.4, -0.2) is 23.3 Å². The molecule has 4 heteroatoms. The van der Waals surface area contributed by atoms with E-state index in [0.29, 0.717) is 0 Å². The number of aromatic nitrogens is 2. The second-order valence-electron chi connectivity index (χ2n) is 5.69. The summed E-state index contributed by atoms with van der Waals surface area (Å²) in [6.45, 7) is 6.17. The van der Waals surface area contributed by atoms with Crippen molar-refractivity contribution in [2.75, 3.05) is 18.4 Å². The summed E-state index contributed by atoms with van der Waals surface area (Å²) in [5.74, 6) is 0. The molecule has 19 heavy (non-hydrogen) atoms. The summed E-state index contributed by atoms with van der Waals surface area (Å²) in [6, 6.07) is 8.05. The van der Waals surface area contributed by atoms with E-state index in [4.69, 9.17) is 5.73 Å². The molecule has 0 saturated heterocycles. The van der Waals surface area contributed by atoms with E-state index in [1.54, 1.807) is 6.20 Å². The first-order valence-corrected chi connectivity index (χ1v) is 6.77. The molecular weight excluding hydrogens is 236 g/mol. The first-order valence-electron chi connectivity index (χ1n) is 6.77. The minimum Gasteiger partial charge on any atom is -0.383 e. The highest BCUT2D eigenvalue weighted by atomic mass is 15.1. The molecule has 1 aromatic heterocycles. The molecule has 1 aromatic carbocycles. The highest BCUT2D eigenvalue weighted by Gasteiger charge is 2.17. The van der Waals surface area contributed by atoms with Crippen molar-refractivity contribution in [2.45, 2.75) is 26.7 Å². The second kappa shape index (κ2) is 5.97. The Hall–Kier alpha value is -1.68. The first kappa shape index (κ1) is 13.7. The number of hydrogen-bond donors (Lipinski definition) is 2. The maximum absolute atomic E-state index is 5.58.